The van der Waals surface area contributed by atoms with Crippen molar-refractivity contribution >= 4 is 23.1 Å². The number of carbonyl (C=O) groups is 4. The van der Waals surface area contributed by atoms with Crippen LogP contribution in [0.15, 0.2) is 60.8 Å². The number of carbonyl (C=O) groups excluding carboxylic acids is 4. The molecule has 2 aromatic carbocycles. The Morgan fingerprint density at radius 3 is 1.36 bits per heavy atom. The van der Waals surface area contributed by atoms with Gasteiger partial charge in [-0.3, -0.25) is 24.3 Å². The van der Waals surface area contributed by atoms with Crippen molar-refractivity contribution in [2.45, 2.75) is 5.92 Å². The van der Waals surface area contributed by atoms with Gasteiger partial charge in [0.1, 0.15) is 0 Å². The molecule has 0 amide bonds. The molecule has 136 valence electrons. The number of fused-ring (bicyclic) bond motifs is 2. The lowest BCUT2D eigenvalue weighted by Crippen LogP contribution is -2.35. The number of nitrogens with zero attached hydrogens (tertiary/aromatic N) is 1. The number of H-pyrrole nitrogens is 1. The predicted molar refractivity (Wildman–Crippen MR) is 98.5 cm³/mol. The maximum Gasteiger partial charge on any atom is 0.175 e. The van der Waals surface area contributed by atoms with E-state index in [9.17, 15) is 19.2 Å². The molecule has 28 heavy (non-hydrogen) atoms. The van der Waals surface area contributed by atoms with E-state index in [1.165, 1.54) is 6.20 Å². The molecule has 2 aliphatic carbocycles. The van der Waals surface area contributed by atoms with E-state index in [4.69, 9.17) is 0 Å². The Labute approximate surface area is 159 Å². The van der Waals surface area contributed by atoms with Gasteiger partial charge in [-0.05, 0) is 6.07 Å². The van der Waals surface area contributed by atoms with E-state index in [0.29, 0.717) is 27.9 Å². The molecule has 0 saturated carbocycles. The van der Waals surface area contributed by atoms with Gasteiger partial charge in [0.25, 0.3) is 0 Å². The second-order valence-corrected chi connectivity index (χ2v) is 7.04. The highest BCUT2D eigenvalue weighted by Gasteiger charge is 2.53. The Morgan fingerprint density at radius 1 is 0.643 bits per heavy atom. The number of aromatic nitrogens is 2. The molecule has 0 fully saturated rings. The summed E-state index contributed by atoms with van der Waals surface area (Å²) in [5.41, 5.74) is 1.75. The van der Waals surface area contributed by atoms with Crippen LogP contribution in [0.3, 0.4) is 0 Å². The predicted octanol–water partition coefficient (Wildman–Crippen LogP) is 2.88. The van der Waals surface area contributed by atoms with E-state index in [1.807, 2.05) is 0 Å². The highest BCUT2D eigenvalue weighted by Crippen LogP contribution is 2.45. The third-order valence-corrected chi connectivity index (χ3v) is 5.65. The van der Waals surface area contributed by atoms with Crippen molar-refractivity contribution in [2.75, 3.05) is 0 Å². The summed E-state index contributed by atoms with van der Waals surface area (Å²) in [6, 6.07) is 14.8. The number of nitrogens with one attached hydrogen (secondary N) is 1. The smallest absolute Gasteiger partial charge is 0.175 e. The highest BCUT2D eigenvalue weighted by molar-refractivity contribution is 6.30. The Balaban J connectivity index is 1.66. The van der Waals surface area contributed by atoms with Gasteiger partial charge in [-0.1, -0.05) is 48.5 Å². The molecule has 0 aliphatic heterocycles. The number of Topliss-reactive ketones (excluding diaryl/α,β-unsaturated/α-hetero) is 4. The van der Waals surface area contributed by atoms with Crippen LogP contribution >= 0.6 is 0 Å². The monoisotopic (exact) mass is 370 g/mol. The van der Waals surface area contributed by atoms with Crippen LogP contribution in [0.25, 0.3) is 0 Å². The molecular formula is C22H14N2O4. The van der Waals surface area contributed by atoms with E-state index in [0.717, 1.165) is 0 Å². The SMILES string of the molecule is O=C1c2ccccc2C(=O)C1C(c1ccn[nH]1)C1C(=O)c2ccccc2C1=O. The molecule has 0 saturated heterocycles. The maximum atomic E-state index is 13.1. The van der Waals surface area contributed by atoms with Crippen LogP contribution in [-0.4, -0.2) is 33.3 Å². The molecule has 0 unspecified atom stereocenters. The van der Waals surface area contributed by atoms with Gasteiger partial charge in [0.2, 0.25) is 0 Å². The second kappa shape index (κ2) is 5.92. The summed E-state index contributed by atoms with van der Waals surface area (Å²) in [6.45, 7) is 0. The molecule has 1 aromatic heterocycles. The van der Waals surface area contributed by atoms with Crippen LogP contribution in [0.4, 0.5) is 0 Å². The van der Waals surface area contributed by atoms with Gasteiger partial charge < -0.3 is 0 Å². The molecule has 1 N–H and O–H groups in total. The summed E-state index contributed by atoms with van der Waals surface area (Å²) in [7, 11) is 0. The zero-order valence-electron chi connectivity index (χ0n) is 14.6. The summed E-state index contributed by atoms with van der Waals surface area (Å²) in [5.74, 6) is -4.65. The van der Waals surface area contributed by atoms with Gasteiger partial charge in [0.15, 0.2) is 23.1 Å². The molecule has 3 aromatic rings. The van der Waals surface area contributed by atoms with Gasteiger partial charge >= 0.3 is 0 Å². The van der Waals surface area contributed by atoms with Crippen molar-refractivity contribution in [1.29, 1.82) is 0 Å². The van der Waals surface area contributed by atoms with Gasteiger partial charge in [-0.15, -0.1) is 0 Å². The third kappa shape index (κ3) is 2.11. The Kier molecular flexibility index (Phi) is 3.49. The first-order valence-electron chi connectivity index (χ1n) is 8.94. The number of ketones is 4. The van der Waals surface area contributed by atoms with E-state index < -0.39 is 17.8 Å². The summed E-state index contributed by atoms with van der Waals surface area (Å²) in [4.78, 5) is 52.4. The molecule has 0 bridgehead atoms. The van der Waals surface area contributed by atoms with Crippen molar-refractivity contribution in [3.63, 3.8) is 0 Å². The first-order valence-corrected chi connectivity index (χ1v) is 8.94. The van der Waals surface area contributed by atoms with Crippen LogP contribution in [0.2, 0.25) is 0 Å². The van der Waals surface area contributed by atoms with Crippen molar-refractivity contribution < 1.29 is 19.2 Å². The van der Waals surface area contributed by atoms with E-state index in [1.54, 1.807) is 54.6 Å². The number of hydrogen-bond donors (Lipinski definition) is 1. The number of aromatic amines is 1. The van der Waals surface area contributed by atoms with Crippen molar-refractivity contribution in [3.8, 4) is 0 Å². The van der Waals surface area contributed by atoms with Crippen LogP contribution < -0.4 is 0 Å². The van der Waals surface area contributed by atoms with Gasteiger partial charge in [-0.25, -0.2) is 0 Å². The quantitative estimate of drug-likeness (QED) is 0.715. The minimum absolute atomic E-state index is 0.331. The zero-order chi connectivity index (χ0) is 19.4. The fourth-order valence-corrected chi connectivity index (χ4v) is 4.39. The van der Waals surface area contributed by atoms with Gasteiger partial charge in [0, 0.05) is 40.1 Å². The maximum absolute atomic E-state index is 13.1. The van der Waals surface area contributed by atoms with E-state index in [2.05, 4.69) is 10.2 Å². The van der Waals surface area contributed by atoms with Crippen LogP contribution in [0, 0.1) is 11.8 Å². The van der Waals surface area contributed by atoms with Crippen molar-refractivity contribution in [3.05, 3.63) is 88.7 Å². The Morgan fingerprint density at radius 2 is 1.04 bits per heavy atom. The normalized spacial score (nSPS) is 16.9. The van der Waals surface area contributed by atoms with Gasteiger partial charge in [-0.2, -0.15) is 5.10 Å². The lowest BCUT2D eigenvalue weighted by atomic mass is 9.74. The average Bonchev–Trinajstić information content (AvgIpc) is 3.40. The molecular weight excluding hydrogens is 356 g/mol. The summed E-state index contributed by atoms with van der Waals surface area (Å²) in [5, 5.41) is 6.68. The molecule has 6 nitrogen and oxygen atoms in total. The number of hydrogen-bond acceptors (Lipinski definition) is 5. The molecule has 6 heteroatoms. The van der Waals surface area contributed by atoms with E-state index in [-0.39, 0.29) is 23.1 Å². The lowest BCUT2D eigenvalue weighted by Gasteiger charge is -2.24. The molecule has 0 atom stereocenters. The summed E-state index contributed by atoms with van der Waals surface area (Å²) in [6.07, 6.45) is 1.48. The molecule has 5 rings (SSSR count). The molecule has 2 aliphatic rings. The lowest BCUT2D eigenvalue weighted by molar-refractivity contribution is 0.0726. The molecule has 0 spiro atoms. The first-order chi connectivity index (χ1) is 13.6. The molecule has 0 radical (unpaired) electrons. The van der Waals surface area contributed by atoms with E-state index >= 15 is 0 Å². The van der Waals surface area contributed by atoms with Gasteiger partial charge in [0.05, 0.1) is 11.8 Å². The van der Waals surface area contributed by atoms with Crippen LogP contribution in [0.5, 0.6) is 0 Å². The zero-order valence-corrected chi connectivity index (χ0v) is 14.6. The van der Waals surface area contributed by atoms with Crippen LogP contribution in [-0.2, 0) is 0 Å². The minimum Gasteiger partial charge on any atom is -0.293 e. The third-order valence-electron chi connectivity index (χ3n) is 5.65. The first kappa shape index (κ1) is 16.5. The Bertz CT molecular complexity index is 1020. The Hall–Kier alpha value is -3.67. The summed E-state index contributed by atoms with van der Waals surface area (Å²) < 4.78 is 0. The fraction of sp³-hybridized carbons (Fsp3) is 0.136. The highest BCUT2D eigenvalue weighted by atomic mass is 16.2. The summed E-state index contributed by atoms with van der Waals surface area (Å²) >= 11 is 0. The largest absolute Gasteiger partial charge is 0.293 e. The number of benzene rings is 2. The van der Waals surface area contributed by atoms with Crippen LogP contribution in [0.1, 0.15) is 53.0 Å². The average molecular weight is 370 g/mol. The minimum atomic E-state index is -1.13. The topological polar surface area (TPSA) is 97.0 Å². The van der Waals surface area contributed by atoms with Crippen molar-refractivity contribution in [1.82, 2.24) is 10.2 Å². The number of rotatable bonds is 3. The second-order valence-electron chi connectivity index (χ2n) is 7.04. The fourth-order valence-electron chi connectivity index (χ4n) is 4.39. The standard InChI is InChI=1S/C22H14N2O4/c25-19-11-5-1-2-6-12(11)20(26)17(19)16(15-9-10-23-24-15)18-21(27)13-7-3-4-8-14(13)22(18)28/h1-10,16-18H,(H,23,24). The van der Waals surface area contributed by atoms with Crippen molar-refractivity contribution in [2.24, 2.45) is 11.8 Å². The molecule has 1 heterocycles.